The van der Waals surface area contributed by atoms with Gasteiger partial charge in [0.2, 0.25) is 0 Å². The summed E-state index contributed by atoms with van der Waals surface area (Å²) in [4.78, 5) is 0. The molecule has 1 saturated heterocycles. The molecule has 1 radical (unpaired) electrons. The van der Waals surface area contributed by atoms with Crippen molar-refractivity contribution in [2.24, 2.45) is 0 Å². The van der Waals surface area contributed by atoms with E-state index in [1.165, 1.54) is 18.4 Å². The molecule has 14 heavy (non-hydrogen) atoms. The molecule has 0 amide bonds. The number of rotatable bonds is 1. The largest absolute Gasteiger partial charge is 0.398 e. The van der Waals surface area contributed by atoms with Crippen molar-refractivity contribution in [2.45, 2.75) is 25.2 Å². The third-order valence-electron chi connectivity index (χ3n) is 3.23. The third kappa shape index (κ3) is 1.75. The highest BCUT2D eigenvalue weighted by Gasteiger charge is 2.28. The van der Waals surface area contributed by atoms with E-state index in [1.54, 1.807) is 0 Å². The highest BCUT2D eigenvalue weighted by molar-refractivity contribution is 5.42. The first-order valence-corrected chi connectivity index (χ1v) is 5.19. The predicted molar refractivity (Wildman–Crippen MR) is 59.1 cm³/mol. The number of piperidine rings is 1. The lowest BCUT2D eigenvalue weighted by Crippen LogP contribution is -2.37. The smallest absolute Gasteiger partial charge is 0.0397 e. The first-order chi connectivity index (χ1) is 6.71. The Morgan fingerprint density at radius 2 is 2.14 bits per heavy atom. The molecule has 1 aliphatic heterocycles. The van der Waals surface area contributed by atoms with Crippen LogP contribution in [0.1, 0.15) is 25.3 Å². The number of benzene rings is 1. The Morgan fingerprint density at radius 1 is 1.43 bits per heavy atom. The number of nitrogens with one attached hydrogen (secondary N) is 1. The molecule has 0 aliphatic carbocycles. The van der Waals surface area contributed by atoms with Crippen molar-refractivity contribution >= 4 is 5.69 Å². The van der Waals surface area contributed by atoms with Crippen molar-refractivity contribution in [1.82, 2.24) is 5.32 Å². The van der Waals surface area contributed by atoms with Gasteiger partial charge in [-0.3, -0.25) is 0 Å². The average Bonchev–Trinajstić information content (AvgIpc) is 2.19. The number of hydrogen-bond acceptors (Lipinski definition) is 2. The van der Waals surface area contributed by atoms with Gasteiger partial charge in [0.15, 0.2) is 0 Å². The van der Waals surface area contributed by atoms with Crippen LogP contribution in [0.3, 0.4) is 0 Å². The Balaban J connectivity index is 2.28. The Labute approximate surface area is 85.5 Å². The fourth-order valence-corrected chi connectivity index (χ4v) is 2.13. The minimum atomic E-state index is 0.300. The molecule has 1 aromatic carbocycles. The molecular weight excluding hydrogens is 172 g/mol. The summed E-state index contributed by atoms with van der Waals surface area (Å²) in [7, 11) is 0. The van der Waals surface area contributed by atoms with Gasteiger partial charge in [0.25, 0.3) is 0 Å². The van der Waals surface area contributed by atoms with E-state index in [-0.39, 0.29) is 0 Å². The van der Waals surface area contributed by atoms with Crippen LogP contribution in [0.25, 0.3) is 0 Å². The molecule has 1 aliphatic rings. The topological polar surface area (TPSA) is 38.0 Å². The van der Waals surface area contributed by atoms with E-state index < -0.39 is 0 Å². The molecule has 1 aromatic rings. The molecule has 2 nitrogen and oxygen atoms in total. The van der Waals surface area contributed by atoms with Crippen molar-refractivity contribution in [1.29, 1.82) is 0 Å². The molecule has 3 N–H and O–H groups in total. The summed E-state index contributed by atoms with van der Waals surface area (Å²) >= 11 is 0. The minimum absolute atomic E-state index is 0.300. The van der Waals surface area contributed by atoms with Gasteiger partial charge in [-0.05, 0) is 43.0 Å². The van der Waals surface area contributed by atoms with Gasteiger partial charge in [-0.15, -0.1) is 0 Å². The van der Waals surface area contributed by atoms with Crippen LogP contribution in [0.5, 0.6) is 0 Å². The van der Waals surface area contributed by atoms with E-state index in [4.69, 9.17) is 5.73 Å². The lowest BCUT2D eigenvalue weighted by Gasteiger charge is -2.34. The van der Waals surface area contributed by atoms with Crippen molar-refractivity contribution in [3.8, 4) is 0 Å². The fraction of sp³-hybridized carbons (Fsp3) is 0.500. The van der Waals surface area contributed by atoms with Gasteiger partial charge >= 0.3 is 0 Å². The van der Waals surface area contributed by atoms with Gasteiger partial charge in [0, 0.05) is 11.8 Å². The van der Waals surface area contributed by atoms with Crippen molar-refractivity contribution < 1.29 is 0 Å². The predicted octanol–water partition coefficient (Wildman–Crippen LogP) is 1.71. The van der Waals surface area contributed by atoms with Crippen LogP contribution in [0, 0.1) is 6.07 Å². The molecule has 0 bridgehead atoms. The average molecular weight is 189 g/mol. The zero-order valence-corrected chi connectivity index (χ0v) is 8.64. The zero-order valence-electron chi connectivity index (χ0n) is 8.64. The van der Waals surface area contributed by atoms with Crippen LogP contribution in [-0.2, 0) is 5.41 Å². The van der Waals surface area contributed by atoms with Crippen LogP contribution < -0.4 is 11.1 Å². The number of nitrogens with two attached hydrogens (primary N) is 1. The second-order valence-electron chi connectivity index (χ2n) is 4.34. The molecule has 0 atom stereocenters. The van der Waals surface area contributed by atoms with Crippen molar-refractivity contribution in [3.63, 3.8) is 0 Å². The van der Waals surface area contributed by atoms with Gasteiger partial charge < -0.3 is 11.1 Å². The summed E-state index contributed by atoms with van der Waals surface area (Å²) < 4.78 is 0. The second-order valence-corrected chi connectivity index (χ2v) is 4.34. The second kappa shape index (κ2) is 3.62. The van der Waals surface area contributed by atoms with E-state index in [9.17, 15) is 0 Å². The summed E-state index contributed by atoms with van der Waals surface area (Å²) in [6.45, 7) is 4.53. The number of nitrogen functional groups attached to an aromatic ring is 1. The Kier molecular flexibility index (Phi) is 2.46. The van der Waals surface area contributed by atoms with Crippen molar-refractivity contribution in [3.05, 3.63) is 29.8 Å². The highest BCUT2D eigenvalue weighted by Crippen LogP contribution is 2.33. The lowest BCUT2D eigenvalue weighted by molar-refractivity contribution is 0.335. The summed E-state index contributed by atoms with van der Waals surface area (Å²) in [5, 5.41) is 3.39. The van der Waals surface area contributed by atoms with Gasteiger partial charge in [0.05, 0.1) is 0 Å². The first-order valence-electron chi connectivity index (χ1n) is 5.19. The minimum Gasteiger partial charge on any atom is -0.398 e. The van der Waals surface area contributed by atoms with Gasteiger partial charge in [-0.2, -0.15) is 0 Å². The fourth-order valence-electron chi connectivity index (χ4n) is 2.13. The van der Waals surface area contributed by atoms with Gasteiger partial charge in [0.1, 0.15) is 0 Å². The molecule has 2 heteroatoms. The first kappa shape index (κ1) is 9.53. The normalized spacial score (nSPS) is 20.6. The van der Waals surface area contributed by atoms with Gasteiger partial charge in [-0.25, -0.2) is 0 Å². The van der Waals surface area contributed by atoms with E-state index >= 15 is 0 Å². The number of hydrogen-bond donors (Lipinski definition) is 2. The highest BCUT2D eigenvalue weighted by atomic mass is 14.9. The van der Waals surface area contributed by atoms with Crippen LogP contribution in [0.2, 0.25) is 0 Å². The molecule has 0 aromatic heterocycles. The molecule has 0 spiro atoms. The Hall–Kier alpha value is -1.02. The van der Waals surface area contributed by atoms with Crippen LogP contribution in [0.15, 0.2) is 18.2 Å². The summed E-state index contributed by atoms with van der Waals surface area (Å²) in [5.74, 6) is 0. The summed E-state index contributed by atoms with van der Waals surface area (Å²) in [5.41, 5.74) is 8.16. The van der Waals surface area contributed by atoms with E-state index in [2.05, 4.69) is 30.4 Å². The van der Waals surface area contributed by atoms with Gasteiger partial charge in [-0.1, -0.05) is 19.1 Å². The Morgan fingerprint density at radius 3 is 2.79 bits per heavy atom. The molecule has 2 rings (SSSR count). The monoisotopic (exact) mass is 189 g/mol. The maximum absolute atomic E-state index is 5.75. The molecule has 75 valence electrons. The molecule has 0 unspecified atom stereocenters. The standard InChI is InChI=1S/C12H17N2/c1-12(5-7-14-8-6-12)10-3-2-4-11(13)9-10/h2-3,9,14H,5-8,13H2,1H3. The van der Waals surface area contributed by atoms with E-state index in [1.807, 2.05) is 6.07 Å². The molecule has 1 fully saturated rings. The maximum atomic E-state index is 5.75. The van der Waals surface area contributed by atoms with Crippen LogP contribution in [-0.4, -0.2) is 13.1 Å². The van der Waals surface area contributed by atoms with E-state index in [0.29, 0.717) is 5.41 Å². The van der Waals surface area contributed by atoms with E-state index in [0.717, 1.165) is 18.8 Å². The molecule has 0 saturated carbocycles. The maximum Gasteiger partial charge on any atom is 0.0397 e. The summed E-state index contributed by atoms with van der Waals surface area (Å²) in [6, 6.07) is 9.12. The third-order valence-corrected chi connectivity index (χ3v) is 3.23. The zero-order chi connectivity index (χ0) is 10.0. The SMILES string of the molecule is CC1(c2cc[c]c(N)c2)CCNCC1. The molecule has 1 heterocycles. The van der Waals surface area contributed by atoms with Crippen molar-refractivity contribution in [2.75, 3.05) is 18.8 Å². The quantitative estimate of drug-likeness (QED) is 0.660. The van der Waals surface area contributed by atoms with Crippen LogP contribution in [0.4, 0.5) is 5.69 Å². The lowest BCUT2D eigenvalue weighted by atomic mass is 9.75. The van der Waals surface area contributed by atoms with Crippen LogP contribution >= 0.6 is 0 Å². The number of anilines is 1. The Bertz CT molecular complexity index is 314. The summed E-state index contributed by atoms with van der Waals surface area (Å²) in [6.07, 6.45) is 2.38. The molecular formula is C12H17N2.